The van der Waals surface area contributed by atoms with Crippen LogP contribution in [0.15, 0.2) is 24.3 Å². The molecule has 0 saturated heterocycles. The Morgan fingerprint density at radius 2 is 2.00 bits per heavy atom. The van der Waals surface area contributed by atoms with E-state index < -0.39 is 0 Å². The van der Waals surface area contributed by atoms with Crippen molar-refractivity contribution >= 4 is 5.91 Å². The van der Waals surface area contributed by atoms with Gasteiger partial charge in [-0.2, -0.15) is 0 Å². The van der Waals surface area contributed by atoms with E-state index in [-0.39, 0.29) is 5.91 Å². The Kier molecular flexibility index (Phi) is 8.47. The number of nitrogens with one attached hydrogen (secondary N) is 1. The summed E-state index contributed by atoms with van der Waals surface area (Å²) in [6.45, 7) is 8.99. The highest BCUT2D eigenvalue weighted by atomic mass is 16.5. The number of carbonyl (C=O) groups excluding carboxylic acids is 1. The molecule has 0 fully saturated rings. The van der Waals surface area contributed by atoms with Gasteiger partial charge in [-0.15, -0.1) is 0 Å². The summed E-state index contributed by atoms with van der Waals surface area (Å²) in [4.78, 5) is 14.2. The molecular weight excluding hydrogens is 268 g/mol. The molecule has 5 heteroatoms. The van der Waals surface area contributed by atoms with Gasteiger partial charge in [0, 0.05) is 18.7 Å². The Morgan fingerprint density at radius 1 is 1.24 bits per heavy atom. The topological polar surface area (TPSA) is 50.8 Å². The summed E-state index contributed by atoms with van der Waals surface area (Å²) in [7, 11) is 1.58. The lowest BCUT2D eigenvalue weighted by molar-refractivity contribution is 0.0884. The molecule has 1 N–H and O–H groups in total. The minimum absolute atomic E-state index is 0.110. The molecule has 0 heterocycles. The van der Waals surface area contributed by atoms with Crippen molar-refractivity contribution in [1.29, 1.82) is 0 Å². The minimum Gasteiger partial charge on any atom is -0.497 e. The third kappa shape index (κ3) is 6.60. The largest absolute Gasteiger partial charge is 0.497 e. The second-order valence-corrected chi connectivity index (χ2v) is 4.63. The highest BCUT2D eigenvalue weighted by Gasteiger charge is 2.05. The van der Waals surface area contributed by atoms with Gasteiger partial charge in [0.15, 0.2) is 0 Å². The average molecular weight is 294 g/mol. The lowest BCUT2D eigenvalue weighted by Gasteiger charge is -2.17. The number of ether oxygens (including phenoxy) is 2. The van der Waals surface area contributed by atoms with Crippen LogP contribution < -0.4 is 10.1 Å². The van der Waals surface area contributed by atoms with E-state index in [0.717, 1.165) is 19.6 Å². The van der Waals surface area contributed by atoms with E-state index in [1.165, 1.54) is 0 Å². The van der Waals surface area contributed by atoms with E-state index in [0.29, 0.717) is 31.1 Å². The van der Waals surface area contributed by atoms with E-state index in [1.807, 2.05) is 6.07 Å². The van der Waals surface area contributed by atoms with Crippen molar-refractivity contribution in [3.63, 3.8) is 0 Å². The first-order valence-corrected chi connectivity index (χ1v) is 7.43. The molecule has 118 valence electrons. The second kappa shape index (κ2) is 10.2. The molecule has 21 heavy (non-hydrogen) atoms. The Morgan fingerprint density at radius 3 is 2.67 bits per heavy atom. The normalized spacial score (nSPS) is 10.7. The molecular formula is C16H26N2O3. The Bertz CT molecular complexity index is 420. The predicted octanol–water partition coefficient (Wildman–Crippen LogP) is 1.78. The molecule has 1 amide bonds. The van der Waals surface area contributed by atoms with Crippen LogP contribution >= 0.6 is 0 Å². The SMILES string of the molecule is CCN(CC)CCOCCNC(=O)c1cccc(OC)c1. The number of carbonyl (C=O) groups is 1. The maximum atomic E-state index is 11.9. The third-order valence-electron chi connectivity index (χ3n) is 3.31. The van der Waals surface area contributed by atoms with Crippen molar-refractivity contribution in [1.82, 2.24) is 10.2 Å². The Hall–Kier alpha value is -1.59. The highest BCUT2D eigenvalue weighted by molar-refractivity contribution is 5.94. The summed E-state index contributed by atoms with van der Waals surface area (Å²) >= 11 is 0. The fourth-order valence-corrected chi connectivity index (χ4v) is 1.94. The first-order chi connectivity index (χ1) is 10.2. The minimum atomic E-state index is -0.110. The number of nitrogens with zero attached hydrogens (tertiary/aromatic N) is 1. The van der Waals surface area contributed by atoms with Gasteiger partial charge in [0.1, 0.15) is 5.75 Å². The number of rotatable bonds is 10. The van der Waals surface area contributed by atoms with E-state index in [2.05, 4.69) is 24.1 Å². The van der Waals surface area contributed by atoms with Crippen molar-refractivity contribution in [3.8, 4) is 5.75 Å². The number of benzene rings is 1. The van der Waals surface area contributed by atoms with Gasteiger partial charge < -0.3 is 19.7 Å². The summed E-state index contributed by atoms with van der Waals surface area (Å²) in [5.74, 6) is 0.569. The first-order valence-electron chi connectivity index (χ1n) is 7.43. The number of hydrogen-bond donors (Lipinski definition) is 1. The fourth-order valence-electron chi connectivity index (χ4n) is 1.94. The lowest BCUT2D eigenvalue weighted by atomic mass is 10.2. The summed E-state index contributed by atoms with van der Waals surface area (Å²) < 4.78 is 10.6. The molecule has 0 aliphatic carbocycles. The molecule has 1 aromatic carbocycles. The summed E-state index contributed by atoms with van der Waals surface area (Å²) in [5, 5.41) is 2.83. The van der Waals surface area contributed by atoms with Crippen LogP contribution in [0.4, 0.5) is 0 Å². The van der Waals surface area contributed by atoms with E-state index >= 15 is 0 Å². The summed E-state index contributed by atoms with van der Waals surface area (Å²) in [6, 6.07) is 7.09. The quantitative estimate of drug-likeness (QED) is 0.668. The standard InChI is InChI=1S/C16H26N2O3/c1-4-18(5-2)10-12-21-11-9-17-16(19)14-7-6-8-15(13-14)20-3/h6-8,13H,4-5,9-12H2,1-3H3,(H,17,19). The van der Waals surface area contributed by atoms with Crippen LogP contribution in [0.2, 0.25) is 0 Å². The maximum Gasteiger partial charge on any atom is 0.251 e. The van der Waals surface area contributed by atoms with E-state index in [9.17, 15) is 4.79 Å². The van der Waals surface area contributed by atoms with Gasteiger partial charge in [-0.3, -0.25) is 4.79 Å². The molecule has 0 spiro atoms. The molecule has 0 aromatic heterocycles. The predicted molar refractivity (Wildman–Crippen MR) is 83.9 cm³/mol. The maximum absolute atomic E-state index is 11.9. The number of methoxy groups -OCH3 is 1. The van der Waals surface area contributed by atoms with Gasteiger partial charge in [-0.05, 0) is 31.3 Å². The summed E-state index contributed by atoms with van der Waals surface area (Å²) in [5.41, 5.74) is 0.595. The smallest absolute Gasteiger partial charge is 0.251 e. The van der Waals surface area contributed by atoms with Crippen LogP contribution in [0.1, 0.15) is 24.2 Å². The van der Waals surface area contributed by atoms with Gasteiger partial charge in [0.2, 0.25) is 0 Å². The van der Waals surface area contributed by atoms with Gasteiger partial charge >= 0.3 is 0 Å². The van der Waals surface area contributed by atoms with E-state index in [1.54, 1.807) is 25.3 Å². The zero-order valence-electron chi connectivity index (χ0n) is 13.2. The van der Waals surface area contributed by atoms with Gasteiger partial charge in [-0.25, -0.2) is 0 Å². The molecule has 1 aromatic rings. The van der Waals surface area contributed by atoms with Crippen LogP contribution in [-0.4, -0.2) is 57.3 Å². The fraction of sp³-hybridized carbons (Fsp3) is 0.562. The zero-order chi connectivity index (χ0) is 15.5. The molecule has 0 aliphatic rings. The first kappa shape index (κ1) is 17.5. The van der Waals surface area contributed by atoms with Crippen molar-refractivity contribution in [3.05, 3.63) is 29.8 Å². The molecule has 0 saturated carbocycles. The third-order valence-corrected chi connectivity index (χ3v) is 3.31. The van der Waals surface area contributed by atoms with Crippen molar-refractivity contribution < 1.29 is 14.3 Å². The van der Waals surface area contributed by atoms with Gasteiger partial charge in [-0.1, -0.05) is 19.9 Å². The van der Waals surface area contributed by atoms with E-state index in [4.69, 9.17) is 9.47 Å². The zero-order valence-corrected chi connectivity index (χ0v) is 13.2. The summed E-state index contributed by atoms with van der Waals surface area (Å²) in [6.07, 6.45) is 0. The molecule has 1 rings (SSSR count). The Labute approximate surface area is 127 Å². The molecule has 0 bridgehead atoms. The number of likely N-dealkylation sites (N-methyl/N-ethyl adjacent to an activating group) is 1. The van der Waals surface area contributed by atoms with Crippen molar-refractivity contribution in [2.45, 2.75) is 13.8 Å². The van der Waals surface area contributed by atoms with Crippen LogP contribution in [0.25, 0.3) is 0 Å². The second-order valence-electron chi connectivity index (χ2n) is 4.63. The van der Waals surface area contributed by atoms with Crippen LogP contribution in [0, 0.1) is 0 Å². The van der Waals surface area contributed by atoms with Crippen LogP contribution in [-0.2, 0) is 4.74 Å². The monoisotopic (exact) mass is 294 g/mol. The van der Waals surface area contributed by atoms with Crippen molar-refractivity contribution in [2.75, 3.05) is 46.5 Å². The van der Waals surface area contributed by atoms with Crippen LogP contribution in [0.3, 0.4) is 0 Å². The Balaban J connectivity index is 2.19. The lowest BCUT2D eigenvalue weighted by Crippen LogP contribution is -2.30. The molecule has 0 radical (unpaired) electrons. The van der Waals surface area contributed by atoms with Crippen molar-refractivity contribution in [2.24, 2.45) is 0 Å². The average Bonchev–Trinajstić information content (AvgIpc) is 2.54. The number of hydrogen-bond acceptors (Lipinski definition) is 4. The van der Waals surface area contributed by atoms with Gasteiger partial charge in [0.25, 0.3) is 5.91 Å². The van der Waals surface area contributed by atoms with Crippen LogP contribution in [0.5, 0.6) is 5.75 Å². The molecule has 0 atom stereocenters. The highest BCUT2D eigenvalue weighted by Crippen LogP contribution is 2.12. The molecule has 0 aliphatic heterocycles. The van der Waals surface area contributed by atoms with Gasteiger partial charge in [0.05, 0.1) is 20.3 Å². The number of amides is 1. The molecule has 0 unspecified atom stereocenters. The molecule has 5 nitrogen and oxygen atoms in total.